The Morgan fingerprint density at radius 3 is 2.56 bits per heavy atom. The molecule has 0 aliphatic heterocycles. The molecule has 0 bridgehead atoms. The summed E-state index contributed by atoms with van der Waals surface area (Å²) in [6.07, 6.45) is 0. The smallest absolute Gasteiger partial charge is 0.344 e. The Morgan fingerprint density at radius 1 is 1.12 bits per heavy atom. The quantitative estimate of drug-likeness (QED) is 0.581. The van der Waals surface area contributed by atoms with Crippen LogP contribution in [0.15, 0.2) is 51.7 Å². The molecule has 1 amide bonds. The summed E-state index contributed by atoms with van der Waals surface area (Å²) in [6.45, 7) is 3.50. The second-order valence-corrected chi connectivity index (χ2v) is 5.70. The van der Waals surface area contributed by atoms with Gasteiger partial charge in [0.15, 0.2) is 5.76 Å². The lowest BCUT2D eigenvalue weighted by atomic mass is 10.1. The van der Waals surface area contributed by atoms with Crippen molar-refractivity contribution < 1.29 is 14.1 Å². The second-order valence-electron chi connectivity index (χ2n) is 5.70. The molecule has 0 aliphatic carbocycles. The SMILES string of the molecule is Cc1ccc2cc(C(=O)Nc3ccc([N+](=O)[O-])cc3C)oc(=O)c2c1. The van der Waals surface area contributed by atoms with Crippen LogP contribution in [0.4, 0.5) is 11.4 Å². The molecule has 0 saturated heterocycles. The average molecular weight is 338 g/mol. The number of carbonyl (C=O) groups is 1. The number of nitrogens with one attached hydrogen (secondary N) is 1. The number of fused-ring (bicyclic) bond motifs is 1. The number of hydrogen-bond donors (Lipinski definition) is 1. The van der Waals surface area contributed by atoms with Gasteiger partial charge in [0.25, 0.3) is 11.6 Å². The molecule has 1 heterocycles. The molecular formula is C18H14N2O5. The lowest BCUT2D eigenvalue weighted by Crippen LogP contribution is -2.15. The van der Waals surface area contributed by atoms with Crippen LogP contribution in [0.2, 0.25) is 0 Å². The minimum absolute atomic E-state index is 0.0666. The predicted octanol–water partition coefficient (Wildman–Crippen LogP) is 3.57. The predicted molar refractivity (Wildman–Crippen MR) is 93.0 cm³/mol. The van der Waals surface area contributed by atoms with Gasteiger partial charge >= 0.3 is 5.63 Å². The number of benzene rings is 2. The minimum Gasteiger partial charge on any atom is -0.417 e. The molecule has 2 aromatic carbocycles. The third-order valence-electron chi connectivity index (χ3n) is 3.81. The number of nitro benzene ring substituents is 1. The highest BCUT2D eigenvalue weighted by molar-refractivity contribution is 6.04. The lowest BCUT2D eigenvalue weighted by Gasteiger charge is -2.08. The number of aryl methyl sites for hydroxylation is 2. The lowest BCUT2D eigenvalue weighted by molar-refractivity contribution is -0.384. The fourth-order valence-corrected chi connectivity index (χ4v) is 2.50. The summed E-state index contributed by atoms with van der Waals surface area (Å²) in [5.41, 5.74) is 1.19. The summed E-state index contributed by atoms with van der Waals surface area (Å²) < 4.78 is 5.11. The first-order chi connectivity index (χ1) is 11.8. The van der Waals surface area contributed by atoms with Gasteiger partial charge in [-0.3, -0.25) is 14.9 Å². The highest BCUT2D eigenvalue weighted by Gasteiger charge is 2.15. The van der Waals surface area contributed by atoms with Crippen molar-refractivity contribution in [3.05, 3.63) is 79.9 Å². The molecule has 0 atom stereocenters. The maximum atomic E-state index is 12.4. The van der Waals surface area contributed by atoms with E-state index in [1.54, 1.807) is 19.1 Å². The highest BCUT2D eigenvalue weighted by atomic mass is 16.6. The Morgan fingerprint density at radius 2 is 1.88 bits per heavy atom. The van der Waals surface area contributed by atoms with Gasteiger partial charge in [-0.25, -0.2) is 4.79 Å². The molecule has 0 aliphatic rings. The van der Waals surface area contributed by atoms with Crippen LogP contribution >= 0.6 is 0 Å². The average Bonchev–Trinajstić information content (AvgIpc) is 2.56. The van der Waals surface area contributed by atoms with E-state index < -0.39 is 16.5 Å². The van der Waals surface area contributed by atoms with E-state index in [9.17, 15) is 19.7 Å². The summed E-state index contributed by atoms with van der Waals surface area (Å²) in [7, 11) is 0. The zero-order chi connectivity index (χ0) is 18.1. The van der Waals surface area contributed by atoms with E-state index in [1.165, 1.54) is 24.3 Å². The first kappa shape index (κ1) is 16.4. The summed E-state index contributed by atoms with van der Waals surface area (Å²) in [6, 6.07) is 10.9. The van der Waals surface area contributed by atoms with Crippen LogP contribution in [0.1, 0.15) is 21.7 Å². The molecule has 3 aromatic rings. The Bertz CT molecular complexity index is 1070. The van der Waals surface area contributed by atoms with Crippen LogP contribution < -0.4 is 10.9 Å². The number of non-ortho nitro benzene ring substituents is 1. The first-order valence-electron chi connectivity index (χ1n) is 7.46. The van der Waals surface area contributed by atoms with Gasteiger partial charge in [0.2, 0.25) is 0 Å². The van der Waals surface area contributed by atoms with Gasteiger partial charge in [0, 0.05) is 17.8 Å². The Balaban J connectivity index is 1.94. The molecule has 1 aromatic heterocycles. The van der Waals surface area contributed by atoms with Crippen molar-refractivity contribution in [1.29, 1.82) is 0 Å². The number of rotatable bonds is 3. The Labute approximate surface area is 142 Å². The van der Waals surface area contributed by atoms with Crippen molar-refractivity contribution in [2.75, 3.05) is 5.32 Å². The molecule has 7 heteroatoms. The molecule has 7 nitrogen and oxygen atoms in total. The van der Waals surface area contributed by atoms with Crippen LogP contribution in [0.5, 0.6) is 0 Å². The summed E-state index contributed by atoms with van der Waals surface area (Å²) >= 11 is 0. The molecule has 0 saturated carbocycles. The zero-order valence-electron chi connectivity index (χ0n) is 13.5. The van der Waals surface area contributed by atoms with E-state index in [0.29, 0.717) is 22.0 Å². The van der Waals surface area contributed by atoms with E-state index in [2.05, 4.69) is 5.32 Å². The van der Waals surface area contributed by atoms with E-state index in [1.807, 2.05) is 13.0 Å². The largest absolute Gasteiger partial charge is 0.417 e. The van der Waals surface area contributed by atoms with E-state index in [0.717, 1.165) is 5.56 Å². The van der Waals surface area contributed by atoms with E-state index in [-0.39, 0.29) is 11.4 Å². The van der Waals surface area contributed by atoms with Gasteiger partial charge < -0.3 is 9.73 Å². The van der Waals surface area contributed by atoms with Gasteiger partial charge in [0.1, 0.15) is 0 Å². The molecule has 1 N–H and O–H groups in total. The van der Waals surface area contributed by atoms with Crippen LogP contribution in [0, 0.1) is 24.0 Å². The third kappa shape index (κ3) is 3.25. The summed E-state index contributed by atoms with van der Waals surface area (Å²) in [5, 5.41) is 14.4. The molecule has 25 heavy (non-hydrogen) atoms. The fraction of sp³-hybridized carbons (Fsp3) is 0.111. The number of nitrogens with zero attached hydrogens (tertiary/aromatic N) is 1. The monoisotopic (exact) mass is 338 g/mol. The van der Waals surface area contributed by atoms with Gasteiger partial charge in [0.05, 0.1) is 10.3 Å². The molecule has 0 spiro atoms. The number of amides is 1. The Hall–Kier alpha value is -3.48. The molecule has 0 fully saturated rings. The molecule has 0 radical (unpaired) electrons. The maximum Gasteiger partial charge on any atom is 0.344 e. The maximum absolute atomic E-state index is 12.4. The van der Waals surface area contributed by atoms with Crippen molar-refractivity contribution in [2.45, 2.75) is 13.8 Å². The first-order valence-corrected chi connectivity index (χ1v) is 7.46. The number of anilines is 1. The van der Waals surface area contributed by atoms with Crippen LogP contribution in [-0.2, 0) is 0 Å². The highest BCUT2D eigenvalue weighted by Crippen LogP contribution is 2.22. The number of hydrogen-bond acceptors (Lipinski definition) is 5. The summed E-state index contributed by atoms with van der Waals surface area (Å²) in [4.78, 5) is 34.7. The molecular weight excluding hydrogens is 324 g/mol. The van der Waals surface area contributed by atoms with Crippen LogP contribution in [0.3, 0.4) is 0 Å². The normalized spacial score (nSPS) is 10.6. The van der Waals surface area contributed by atoms with Gasteiger partial charge in [-0.1, -0.05) is 17.7 Å². The van der Waals surface area contributed by atoms with Crippen molar-refractivity contribution in [3.8, 4) is 0 Å². The van der Waals surface area contributed by atoms with Gasteiger partial charge in [-0.15, -0.1) is 0 Å². The van der Waals surface area contributed by atoms with Crippen molar-refractivity contribution in [2.24, 2.45) is 0 Å². The van der Waals surface area contributed by atoms with Crippen LogP contribution in [-0.4, -0.2) is 10.8 Å². The van der Waals surface area contributed by atoms with E-state index in [4.69, 9.17) is 4.42 Å². The Kier molecular flexibility index (Phi) is 4.06. The van der Waals surface area contributed by atoms with Crippen molar-refractivity contribution in [3.63, 3.8) is 0 Å². The summed E-state index contributed by atoms with van der Waals surface area (Å²) in [5.74, 6) is -0.726. The minimum atomic E-state index is -0.600. The molecule has 0 unspecified atom stereocenters. The topological polar surface area (TPSA) is 102 Å². The molecule has 126 valence electrons. The second kappa shape index (κ2) is 6.20. The number of carbonyl (C=O) groups excluding carboxylic acids is 1. The molecule has 3 rings (SSSR count). The standard InChI is InChI=1S/C18H14N2O5/c1-10-3-4-12-9-16(25-18(22)14(12)7-10)17(21)19-15-6-5-13(20(23)24)8-11(15)2/h3-9H,1-2H3,(H,19,21). The number of nitro groups is 1. The van der Waals surface area contributed by atoms with Gasteiger partial charge in [-0.2, -0.15) is 0 Å². The fourth-order valence-electron chi connectivity index (χ4n) is 2.50. The third-order valence-corrected chi connectivity index (χ3v) is 3.81. The van der Waals surface area contributed by atoms with E-state index >= 15 is 0 Å². The van der Waals surface area contributed by atoms with Crippen molar-refractivity contribution in [1.82, 2.24) is 0 Å². The van der Waals surface area contributed by atoms with Gasteiger partial charge in [-0.05, 0) is 43.0 Å². The zero-order valence-corrected chi connectivity index (χ0v) is 13.5. The van der Waals surface area contributed by atoms with Crippen molar-refractivity contribution >= 4 is 28.1 Å². The van der Waals surface area contributed by atoms with Crippen LogP contribution in [0.25, 0.3) is 10.8 Å².